The third-order valence-electron chi connectivity index (χ3n) is 3.43. The minimum Gasteiger partial charge on any atom is -0.504 e. The molecule has 0 aliphatic carbocycles. The molecule has 0 aliphatic rings. The first kappa shape index (κ1) is 16.2. The van der Waals surface area contributed by atoms with Crippen LogP contribution in [-0.2, 0) is 17.6 Å². The van der Waals surface area contributed by atoms with Gasteiger partial charge in [-0.2, -0.15) is 0 Å². The van der Waals surface area contributed by atoms with E-state index in [1.165, 1.54) is 12.1 Å². The molecular weight excluding hydrogens is 302 g/mol. The summed E-state index contributed by atoms with van der Waals surface area (Å²) in [5.41, 5.74) is 2.67. The van der Waals surface area contributed by atoms with Crippen molar-refractivity contribution in [3.63, 3.8) is 0 Å². The summed E-state index contributed by atoms with van der Waals surface area (Å²) in [5, 5.41) is 22.4. The van der Waals surface area contributed by atoms with Crippen LogP contribution in [0.1, 0.15) is 16.7 Å². The van der Waals surface area contributed by atoms with Crippen LogP contribution in [0.4, 0.5) is 0 Å². The smallest absolute Gasteiger partial charge is 0.224 e. The Bertz CT molecular complexity index is 668. The molecule has 0 atom stereocenters. The van der Waals surface area contributed by atoms with Crippen molar-refractivity contribution >= 4 is 17.5 Å². The van der Waals surface area contributed by atoms with Gasteiger partial charge in [0.05, 0.1) is 6.42 Å². The van der Waals surface area contributed by atoms with Gasteiger partial charge in [-0.1, -0.05) is 23.7 Å². The number of phenols is 2. The van der Waals surface area contributed by atoms with Crippen molar-refractivity contribution in [2.75, 3.05) is 6.54 Å². The first-order chi connectivity index (χ1) is 10.5. The summed E-state index contributed by atoms with van der Waals surface area (Å²) in [5.74, 6) is -0.343. The summed E-state index contributed by atoms with van der Waals surface area (Å²) in [7, 11) is 0. The van der Waals surface area contributed by atoms with Gasteiger partial charge in [0.2, 0.25) is 5.91 Å². The van der Waals surface area contributed by atoms with Gasteiger partial charge < -0.3 is 15.5 Å². The number of rotatable bonds is 5. The van der Waals surface area contributed by atoms with Crippen LogP contribution in [0.15, 0.2) is 36.4 Å². The molecule has 4 nitrogen and oxygen atoms in total. The van der Waals surface area contributed by atoms with Crippen molar-refractivity contribution in [3.05, 3.63) is 58.1 Å². The van der Waals surface area contributed by atoms with E-state index >= 15 is 0 Å². The Morgan fingerprint density at radius 1 is 1.14 bits per heavy atom. The van der Waals surface area contributed by atoms with Crippen molar-refractivity contribution in [3.8, 4) is 11.5 Å². The number of hydrogen-bond acceptors (Lipinski definition) is 3. The Morgan fingerprint density at radius 2 is 1.77 bits per heavy atom. The number of benzene rings is 2. The molecule has 0 saturated carbocycles. The standard InChI is InChI=1S/C17H18ClNO3/c1-11-8-15(20)16(21)10-13(11)6-7-19-17(22)9-12-2-4-14(18)5-3-12/h2-5,8,10,20-21H,6-7,9H2,1H3,(H,19,22). The second kappa shape index (κ2) is 7.18. The Morgan fingerprint density at radius 3 is 2.45 bits per heavy atom. The summed E-state index contributed by atoms with van der Waals surface area (Å²) in [6, 6.07) is 10.2. The zero-order chi connectivity index (χ0) is 16.1. The molecule has 0 aromatic heterocycles. The minimum atomic E-state index is -0.145. The lowest BCUT2D eigenvalue weighted by Gasteiger charge is -2.09. The molecular formula is C17H18ClNO3. The van der Waals surface area contributed by atoms with Crippen LogP contribution in [0.25, 0.3) is 0 Å². The first-order valence-electron chi connectivity index (χ1n) is 6.98. The molecule has 0 fully saturated rings. The van der Waals surface area contributed by atoms with E-state index in [0.717, 1.165) is 16.7 Å². The molecule has 0 spiro atoms. The molecule has 2 aromatic carbocycles. The third-order valence-corrected chi connectivity index (χ3v) is 3.68. The van der Waals surface area contributed by atoms with E-state index in [0.29, 0.717) is 24.4 Å². The van der Waals surface area contributed by atoms with Crippen molar-refractivity contribution in [2.45, 2.75) is 19.8 Å². The van der Waals surface area contributed by atoms with Crippen molar-refractivity contribution < 1.29 is 15.0 Å². The largest absolute Gasteiger partial charge is 0.504 e. The van der Waals surface area contributed by atoms with Gasteiger partial charge in [0, 0.05) is 11.6 Å². The topological polar surface area (TPSA) is 69.6 Å². The average molecular weight is 320 g/mol. The van der Waals surface area contributed by atoms with E-state index in [1.54, 1.807) is 12.1 Å². The van der Waals surface area contributed by atoms with Gasteiger partial charge in [-0.15, -0.1) is 0 Å². The molecule has 1 amide bonds. The highest BCUT2D eigenvalue weighted by molar-refractivity contribution is 6.30. The predicted octanol–water partition coefficient (Wildman–Crippen LogP) is 2.96. The molecule has 116 valence electrons. The van der Waals surface area contributed by atoms with Crippen molar-refractivity contribution in [2.24, 2.45) is 0 Å². The number of aryl methyl sites for hydroxylation is 1. The van der Waals surface area contributed by atoms with Gasteiger partial charge in [0.1, 0.15) is 0 Å². The van der Waals surface area contributed by atoms with E-state index in [1.807, 2.05) is 19.1 Å². The quantitative estimate of drug-likeness (QED) is 0.742. The van der Waals surface area contributed by atoms with Gasteiger partial charge >= 0.3 is 0 Å². The maximum Gasteiger partial charge on any atom is 0.224 e. The molecule has 2 rings (SSSR count). The molecule has 0 heterocycles. The lowest BCUT2D eigenvalue weighted by Crippen LogP contribution is -2.27. The highest BCUT2D eigenvalue weighted by Gasteiger charge is 2.07. The fraction of sp³-hybridized carbons (Fsp3) is 0.235. The van der Waals surface area contributed by atoms with Gasteiger partial charge in [-0.3, -0.25) is 4.79 Å². The van der Waals surface area contributed by atoms with Gasteiger partial charge in [0.25, 0.3) is 0 Å². The summed E-state index contributed by atoms with van der Waals surface area (Å²) in [4.78, 5) is 11.9. The zero-order valence-electron chi connectivity index (χ0n) is 12.3. The average Bonchev–Trinajstić information content (AvgIpc) is 2.47. The Labute approximate surface area is 134 Å². The Kier molecular flexibility index (Phi) is 5.28. The van der Waals surface area contributed by atoms with Crippen LogP contribution < -0.4 is 5.32 Å². The second-order valence-corrected chi connectivity index (χ2v) is 5.61. The third kappa shape index (κ3) is 4.40. The van der Waals surface area contributed by atoms with Gasteiger partial charge in [-0.05, 0) is 54.3 Å². The molecule has 0 saturated heterocycles. The number of aromatic hydroxyl groups is 2. The Balaban J connectivity index is 1.84. The summed E-state index contributed by atoms with van der Waals surface area (Å²) >= 11 is 5.80. The van der Waals surface area contributed by atoms with E-state index < -0.39 is 0 Å². The van der Waals surface area contributed by atoms with Gasteiger partial charge in [-0.25, -0.2) is 0 Å². The van der Waals surface area contributed by atoms with E-state index in [4.69, 9.17) is 11.6 Å². The summed E-state index contributed by atoms with van der Waals surface area (Å²) in [6.45, 7) is 2.32. The number of carbonyl (C=O) groups excluding carboxylic acids is 1. The van der Waals surface area contributed by atoms with Crippen LogP contribution in [0.3, 0.4) is 0 Å². The SMILES string of the molecule is Cc1cc(O)c(O)cc1CCNC(=O)Cc1ccc(Cl)cc1. The maximum absolute atomic E-state index is 11.9. The van der Waals surface area contributed by atoms with Crippen LogP contribution in [0, 0.1) is 6.92 Å². The normalized spacial score (nSPS) is 10.5. The minimum absolute atomic E-state index is 0.0667. The van der Waals surface area contributed by atoms with E-state index in [-0.39, 0.29) is 17.4 Å². The molecule has 22 heavy (non-hydrogen) atoms. The molecule has 0 unspecified atom stereocenters. The fourth-order valence-electron chi connectivity index (χ4n) is 2.18. The summed E-state index contributed by atoms with van der Waals surface area (Å²) in [6.07, 6.45) is 0.892. The molecule has 5 heteroatoms. The lowest BCUT2D eigenvalue weighted by atomic mass is 10.0. The number of carbonyl (C=O) groups is 1. The Hall–Kier alpha value is -2.20. The van der Waals surface area contributed by atoms with Crippen LogP contribution in [0.2, 0.25) is 5.02 Å². The number of halogens is 1. The molecule has 2 aromatic rings. The number of nitrogens with one attached hydrogen (secondary N) is 1. The summed E-state index contributed by atoms with van der Waals surface area (Å²) < 4.78 is 0. The lowest BCUT2D eigenvalue weighted by molar-refractivity contribution is -0.120. The first-order valence-corrected chi connectivity index (χ1v) is 7.36. The molecule has 3 N–H and O–H groups in total. The van der Waals surface area contributed by atoms with Gasteiger partial charge in [0.15, 0.2) is 11.5 Å². The van der Waals surface area contributed by atoms with Crippen LogP contribution in [0.5, 0.6) is 11.5 Å². The zero-order valence-corrected chi connectivity index (χ0v) is 13.0. The molecule has 0 aliphatic heterocycles. The highest BCUT2D eigenvalue weighted by atomic mass is 35.5. The fourth-order valence-corrected chi connectivity index (χ4v) is 2.31. The van der Waals surface area contributed by atoms with Crippen LogP contribution in [-0.4, -0.2) is 22.7 Å². The number of hydrogen-bond donors (Lipinski definition) is 3. The number of amides is 1. The van der Waals surface area contributed by atoms with E-state index in [2.05, 4.69) is 5.32 Å². The van der Waals surface area contributed by atoms with Crippen LogP contribution >= 0.6 is 11.6 Å². The van der Waals surface area contributed by atoms with E-state index in [9.17, 15) is 15.0 Å². The number of phenolic OH excluding ortho intramolecular Hbond substituents is 2. The highest BCUT2D eigenvalue weighted by Crippen LogP contribution is 2.28. The van der Waals surface area contributed by atoms with Crippen molar-refractivity contribution in [1.29, 1.82) is 0 Å². The monoisotopic (exact) mass is 319 g/mol. The maximum atomic E-state index is 11.9. The molecule has 0 bridgehead atoms. The van der Waals surface area contributed by atoms with Crippen molar-refractivity contribution in [1.82, 2.24) is 5.32 Å². The predicted molar refractivity (Wildman–Crippen MR) is 86.4 cm³/mol. The molecule has 0 radical (unpaired) electrons. The second-order valence-electron chi connectivity index (χ2n) is 5.17.